The Morgan fingerprint density at radius 3 is 2.64 bits per heavy atom. The Bertz CT molecular complexity index is 1040. The third-order valence-corrected chi connectivity index (χ3v) is 7.93. The van der Waals surface area contributed by atoms with E-state index < -0.39 is 10.0 Å². The van der Waals surface area contributed by atoms with Gasteiger partial charge in [0.1, 0.15) is 10.6 Å². The summed E-state index contributed by atoms with van der Waals surface area (Å²) in [5.74, 6) is 0.914. The van der Waals surface area contributed by atoms with Crippen molar-refractivity contribution in [3.05, 3.63) is 48.0 Å². The number of para-hydroxylation sites is 1. The Kier molecular flexibility index (Phi) is 9.05. The number of nitrogens with zero attached hydrogens (tertiary/aromatic N) is 1. The Morgan fingerprint density at radius 1 is 1.21 bits per heavy atom. The van der Waals surface area contributed by atoms with Gasteiger partial charge in [-0.15, -0.1) is 11.8 Å². The van der Waals surface area contributed by atoms with Crippen LogP contribution in [0.5, 0.6) is 5.75 Å². The number of hydrogen-bond acceptors (Lipinski definition) is 7. The third-order valence-electron chi connectivity index (χ3n) is 5.42. The molecule has 0 saturated heterocycles. The number of anilines is 2. The minimum atomic E-state index is -3.74. The summed E-state index contributed by atoms with van der Waals surface area (Å²) in [6.07, 6.45) is 2.68. The second kappa shape index (κ2) is 11.8. The summed E-state index contributed by atoms with van der Waals surface area (Å²) in [4.78, 5) is 14.0. The molecule has 1 aliphatic rings. The van der Waals surface area contributed by atoms with E-state index in [1.807, 2.05) is 35.2 Å². The van der Waals surface area contributed by atoms with Crippen molar-refractivity contribution in [2.75, 3.05) is 30.9 Å². The Balaban J connectivity index is 2.02. The van der Waals surface area contributed by atoms with Crippen LogP contribution in [0.1, 0.15) is 38.7 Å². The molecule has 0 amide bonds. The summed E-state index contributed by atoms with van der Waals surface area (Å²) in [6.45, 7) is 4.72. The van der Waals surface area contributed by atoms with Crippen LogP contribution >= 0.6 is 11.8 Å². The zero-order valence-electron chi connectivity index (χ0n) is 19.4. The van der Waals surface area contributed by atoms with E-state index in [1.54, 1.807) is 26.2 Å². The van der Waals surface area contributed by atoms with Gasteiger partial charge in [-0.2, -0.15) is 0 Å². The van der Waals surface area contributed by atoms with E-state index in [-0.39, 0.29) is 22.7 Å². The molecule has 0 fully saturated rings. The summed E-state index contributed by atoms with van der Waals surface area (Å²) < 4.78 is 40.3. The summed E-state index contributed by atoms with van der Waals surface area (Å²) in [5, 5.41) is 0. The van der Waals surface area contributed by atoms with Gasteiger partial charge in [-0.05, 0) is 31.5 Å². The molecule has 1 heterocycles. The average molecular weight is 493 g/mol. The van der Waals surface area contributed by atoms with Crippen molar-refractivity contribution in [3.63, 3.8) is 0 Å². The molecule has 2 aromatic rings. The summed E-state index contributed by atoms with van der Waals surface area (Å²) in [5.41, 5.74) is 2.23. The predicted molar refractivity (Wildman–Crippen MR) is 133 cm³/mol. The van der Waals surface area contributed by atoms with Crippen molar-refractivity contribution in [2.24, 2.45) is 0 Å². The maximum Gasteiger partial charge on any atom is 0.315 e. The zero-order chi connectivity index (χ0) is 23.8. The van der Waals surface area contributed by atoms with Gasteiger partial charge in [0.05, 0.1) is 25.2 Å². The van der Waals surface area contributed by atoms with E-state index in [4.69, 9.17) is 9.47 Å². The van der Waals surface area contributed by atoms with E-state index >= 15 is 0 Å². The number of methoxy groups -OCH3 is 1. The van der Waals surface area contributed by atoms with Gasteiger partial charge in [0.2, 0.25) is 10.0 Å². The molecule has 1 aliphatic heterocycles. The van der Waals surface area contributed by atoms with Crippen LogP contribution in [0.2, 0.25) is 0 Å². The molecule has 0 radical (unpaired) electrons. The molecule has 180 valence electrons. The number of nitrogens with one attached hydrogen (secondary N) is 1. The predicted octanol–water partition coefficient (Wildman–Crippen LogP) is 4.48. The molecule has 0 bridgehead atoms. The van der Waals surface area contributed by atoms with E-state index in [9.17, 15) is 13.2 Å². The Labute approximate surface area is 200 Å². The van der Waals surface area contributed by atoms with Crippen LogP contribution in [0.4, 0.5) is 11.4 Å². The van der Waals surface area contributed by atoms with Gasteiger partial charge in [-0.25, -0.2) is 13.1 Å². The lowest BCUT2D eigenvalue weighted by Gasteiger charge is -2.27. The topological polar surface area (TPSA) is 84.9 Å². The molecule has 9 heteroatoms. The minimum Gasteiger partial charge on any atom is -0.496 e. The van der Waals surface area contributed by atoms with Gasteiger partial charge >= 0.3 is 5.97 Å². The molecule has 0 saturated carbocycles. The molecule has 3 rings (SSSR count). The molecule has 0 unspecified atom stereocenters. The fourth-order valence-electron chi connectivity index (χ4n) is 3.86. The maximum absolute atomic E-state index is 13.4. The molecule has 7 nitrogen and oxygen atoms in total. The number of carbonyl (C=O) groups excluding carboxylic acids is 1. The van der Waals surface area contributed by atoms with Crippen molar-refractivity contribution in [1.82, 2.24) is 4.72 Å². The number of rotatable bonds is 10. The van der Waals surface area contributed by atoms with Crippen LogP contribution < -0.4 is 14.4 Å². The van der Waals surface area contributed by atoms with Crippen LogP contribution in [0.3, 0.4) is 0 Å². The van der Waals surface area contributed by atoms with Crippen LogP contribution in [0.25, 0.3) is 0 Å². The van der Waals surface area contributed by atoms with Gasteiger partial charge in [-0.1, -0.05) is 38.0 Å². The molecule has 0 aromatic heterocycles. The fraction of sp³-hybridized carbons (Fsp3) is 0.458. The molecule has 1 atom stereocenters. The Hall–Kier alpha value is -2.23. The first-order valence-electron chi connectivity index (χ1n) is 11.2. The lowest BCUT2D eigenvalue weighted by Crippen LogP contribution is -2.39. The van der Waals surface area contributed by atoms with Gasteiger partial charge in [-0.3, -0.25) is 4.79 Å². The number of benzene rings is 2. The van der Waals surface area contributed by atoms with E-state index in [0.29, 0.717) is 30.3 Å². The van der Waals surface area contributed by atoms with Crippen LogP contribution in [0.15, 0.2) is 47.4 Å². The maximum atomic E-state index is 13.4. The average Bonchev–Trinajstić information content (AvgIpc) is 2.91. The highest BCUT2D eigenvalue weighted by atomic mass is 32.2. The summed E-state index contributed by atoms with van der Waals surface area (Å²) in [7, 11) is -2.17. The smallest absolute Gasteiger partial charge is 0.315 e. The van der Waals surface area contributed by atoms with Crippen molar-refractivity contribution in [1.29, 1.82) is 0 Å². The minimum absolute atomic E-state index is 0.189. The highest BCUT2D eigenvalue weighted by molar-refractivity contribution is 7.99. The second-order valence-corrected chi connectivity index (χ2v) is 10.5. The van der Waals surface area contributed by atoms with E-state index in [0.717, 1.165) is 30.5 Å². The normalized spacial score (nSPS) is 17.2. The van der Waals surface area contributed by atoms with Gasteiger partial charge < -0.3 is 14.4 Å². The zero-order valence-corrected chi connectivity index (χ0v) is 21.0. The van der Waals surface area contributed by atoms with Gasteiger partial charge in [0.15, 0.2) is 0 Å². The van der Waals surface area contributed by atoms with Crippen molar-refractivity contribution in [3.8, 4) is 5.75 Å². The van der Waals surface area contributed by atoms with Crippen LogP contribution in [-0.2, 0) is 25.3 Å². The van der Waals surface area contributed by atoms with E-state index in [2.05, 4.69) is 11.6 Å². The first-order valence-corrected chi connectivity index (χ1v) is 13.8. The lowest BCUT2D eigenvalue weighted by molar-refractivity contribution is -0.139. The highest BCUT2D eigenvalue weighted by Crippen LogP contribution is 2.40. The van der Waals surface area contributed by atoms with E-state index in [1.165, 1.54) is 11.8 Å². The summed E-state index contributed by atoms with van der Waals surface area (Å²) in [6, 6.07) is 13.0. The largest absolute Gasteiger partial charge is 0.496 e. The molecule has 1 N–H and O–H groups in total. The number of carbonyl (C=O) groups is 1. The van der Waals surface area contributed by atoms with Gasteiger partial charge in [0, 0.05) is 35.7 Å². The van der Waals surface area contributed by atoms with Crippen molar-refractivity contribution < 1.29 is 22.7 Å². The highest BCUT2D eigenvalue weighted by Gasteiger charge is 2.33. The fourth-order valence-corrected chi connectivity index (χ4v) is 6.16. The van der Waals surface area contributed by atoms with Crippen molar-refractivity contribution in [2.45, 2.75) is 49.8 Å². The third kappa shape index (κ3) is 6.43. The molecular weight excluding hydrogens is 460 g/mol. The standard InChI is InChI=1S/C24H32N2O5S2/c1-4-6-10-19-15-26(20-11-8-7-9-12-20)21-14-22(30-3)18(13-23(21)33(28,29)25-19)16-32-17-24(27)31-5-2/h7-9,11-14,19,25H,4-6,10,15-17H2,1-3H3/t19-/m1/s1. The quantitative estimate of drug-likeness (QED) is 0.490. The van der Waals surface area contributed by atoms with Crippen molar-refractivity contribution >= 4 is 39.1 Å². The second-order valence-electron chi connectivity index (χ2n) is 7.84. The van der Waals surface area contributed by atoms with Crippen LogP contribution in [-0.4, -0.2) is 46.4 Å². The molecule has 33 heavy (non-hydrogen) atoms. The first-order chi connectivity index (χ1) is 15.9. The lowest BCUT2D eigenvalue weighted by atomic mass is 10.1. The number of unbranched alkanes of at least 4 members (excludes halogenated alkanes) is 1. The molecule has 2 aromatic carbocycles. The first kappa shape index (κ1) is 25.4. The van der Waals surface area contributed by atoms with Gasteiger partial charge in [0.25, 0.3) is 0 Å². The molecule has 0 aliphatic carbocycles. The number of thioether (sulfide) groups is 1. The number of sulfonamides is 1. The molecule has 0 spiro atoms. The Morgan fingerprint density at radius 2 is 1.97 bits per heavy atom. The summed E-state index contributed by atoms with van der Waals surface area (Å²) >= 11 is 1.37. The SMILES string of the molecule is CCCC[C@@H]1CN(c2ccccc2)c2cc(OC)c(CSCC(=O)OCC)cc2S(=O)(=O)N1. The van der Waals surface area contributed by atoms with Crippen LogP contribution in [0, 0.1) is 0 Å². The number of hydrogen-bond donors (Lipinski definition) is 1. The number of fused-ring (bicyclic) bond motifs is 1. The number of ether oxygens (including phenoxy) is 2. The monoisotopic (exact) mass is 492 g/mol. The number of esters is 1. The molecular formula is C24H32N2O5S2.